The molecule has 0 saturated carbocycles. The maximum atomic E-state index is 13.1. The van der Waals surface area contributed by atoms with Gasteiger partial charge in [-0.25, -0.2) is 9.67 Å². The quantitative estimate of drug-likeness (QED) is 0.562. The molecular weight excluding hydrogens is 352 g/mol. The lowest BCUT2D eigenvalue weighted by atomic mass is 10.1. The predicted octanol–water partition coefficient (Wildman–Crippen LogP) is 3.13. The van der Waals surface area contributed by atoms with Gasteiger partial charge in [-0.2, -0.15) is 10.2 Å². The number of aromatic nitrogens is 5. The summed E-state index contributed by atoms with van der Waals surface area (Å²) in [5.74, 6) is -0.139. The lowest BCUT2D eigenvalue weighted by Gasteiger charge is -2.15. The van der Waals surface area contributed by atoms with Crippen molar-refractivity contribution in [3.63, 3.8) is 0 Å². The average Bonchev–Trinajstić information content (AvgIpc) is 3.37. The summed E-state index contributed by atoms with van der Waals surface area (Å²) >= 11 is 0. The third-order valence-corrected chi connectivity index (χ3v) is 4.62. The second-order valence-corrected chi connectivity index (χ2v) is 6.72. The van der Waals surface area contributed by atoms with E-state index in [9.17, 15) is 4.79 Å². The summed E-state index contributed by atoms with van der Waals surface area (Å²) in [5, 5.41) is 12.4. The predicted molar refractivity (Wildman–Crippen MR) is 108 cm³/mol. The molecule has 0 spiro atoms. The fraction of sp³-hybridized carbons (Fsp3) is 0.238. The molecule has 4 aromatic rings. The molecule has 0 unspecified atom stereocenters. The Labute approximate surface area is 163 Å². The zero-order valence-electron chi connectivity index (χ0n) is 15.9. The zero-order valence-corrected chi connectivity index (χ0v) is 15.9. The van der Waals surface area contributed by atoms with Crippen molar-refractivity contribution in [3.05, 3.63) is 66.6 Å². The highest BCUT2D eigenvalue weighted by Gasteiger charge is 2.18. The van der Waals surface area contributed by atoms with Gasteiger partial charge in [0, 0.05) is 30.5 Å². The number of benzene rings is 1. The number of fused-ring (bicyclic) bond motifs is 1. The lowest BCUT2D eigenvalue weighted by molar-refractivity contribution is 0.0937. The van der Waals surface area contributed by atoms with Crippen molar-refractivity contribution in [1.29, 1.82) is 0 Å². The van der Waals surface area contributed by atoms with Crippen LogP contribution in [0.5, 0.6) is 0 Å². The molecule has 1 amide bonds. The summed E-state index contributed by atoms with van der Waals surface area (Å²) in [6, 6.07) is 13.5. The van der Waals surface area contributed by atoms with Crippen molar-refractivity contribution in [2.24, 2.45) is 0 Å². The summed E-state index contributed by atoms with van der Waals surface area (Å²) in [5.41, 5.74) is 3.02. The highest BCUT2D eigenvalue weighted by Crippen LogP contribution is 2.25. The molecule has 3 aromatic heterocycles. The van der Waals surface area contributed by atoms with Crippen molar-refractivity contribution in [2.45, 2.75) is 33.0 Å². The summed E-state index contributed by atoms with van der Waals surface area (Å²) in [6.07, 6.45) is 5.33. The van der Waals surface area contributed by atoms with Crippen molar-refractivity contribution in [2.75, 3.05) is 0 Å². The average molecular weight is 374 g/mol. The van der Waals surface area contributed by atoms with E-state index in [1.807, 2.05) is 67.2 Å². The Bertz CT molecular complexity index is 1090. The molecule has 0 fully saturated rings. The molecule has 0 aliphatic carbocycles. The Kier molecular flexibility index (Phi) is 4.89. The van der Waals surface area contributed by atoms with Crippen LogP contribution in [0.3, 0.4) is 0 Å². The maximum absolute atomic E-state index is 13.1. The van der Waals surface area contributed by atoms with Crippen LogP contribution in [0.2, 0.25) is 0 Å². The van der Waals surface area contributed by atoms with Crippen LogP contribution in [0.25, 0.3) is 22.3 Å². The van der Waals surface area contributed by atoms with Crippen LogP contribution >= 0.6 is 0 Å². The van der Waals surface area contributed by atoms with Crippen molar-refractivity contribution in [1.82, 2.24) is 29.9 Å². The van der Waals surface area contributed by atoms with Crippen LogP contribution < -0.4 is 5.32 Å². The molecule has 1 N–H and O–H groups in total. The maximum Gasteiger partial charge on any atom is 0.252 e. The van der Waals surface area contributed by atoms with E-state index >= 15 is 0 Å². The standard InChI is InChI=1S/C21H22N6O/c1-3-27-20-18(13-23-27)17(12-19(25-20)16-8-5-4-6-9-16)21(28)24-15(2)14-26-11-7-10-22-26/h4-13,15H,3,14H2,1-2H3,(H,24,28)/t15-/m0/s1. The van der Waals surface area contributed by atoms with Crippen molar-refractivity contribution >= 4 is 16.9 Å². The Balaban J connectivity index is 1.70. The minimum Gasteiger partial charge on any atom is -0.348 e. The molecule has 7 heteroatoms. The van der Waals surface area contributed by atoms with Gasteiger partial charge < -0.3 is 5.32 Å². The van der Waals surface area contributed by atoms with Gasteiger partial charge in [-0.15, -0.1) is 0 Å². The number of nitrogens with one attached hydrogen (secondary N) is 1. The third-order valence-electron chi connectivity index (χ3n) is 4.62. The van der Waals surface area contributed by atoms with E-state index in [2.05, 4.69) is 15.5 Å². The van der Waals surface area contributed by atoms with E-state index in [-0.39, 0.29) is 11.9 Å². The summed E-state index contributed by atoms with van der Waals surface area (Å²) < 4.78 is 3.61. The smallest absolute Gasteiger partial charge is 0.252 e. The number of carbonyl (C=O) groups is 1. The second kappa shape index (κ2) is 7.64. The molecule has 0 bridgehead atoms. The van der Waals surface area contributed by atoms with Gasteiger partial charge in [-0.3, -0.25) is 9.48 Å². The SMILES string of the molecule is CCn1ncc2c(C(=O)N[C@@H](C)Cn3cccn3)cc(-c3ccccc3)nc21. The largest absolute Gasteiger partial charge is 0.348 e. The number of hydrogen-bond donors (Lipinski definition) is 1. The molecule has 142 valence electrons. The molecule has 7 nitrogen and oxygen atoms in total. The van der Waals surface area contributed by atoms with E-state index in [0.29, 0.717) is 24.3 Å². The monoisotopic (exact) mass is 374 g/mol. The number of nitrogens with zero attached hydrogens (tertiary/aromatic N) is 5. The molecule has 28 heavy (non-hydrogen) atoms. The van der Waals surface area contributed by atoms with Crippen LogP contribution in [0, 0.1) is 0 Å². The van der Waals surface area contributed by atoms with E-state index in [1.54, 1.807) is 17.1 Å². The minimum absolute atomic E-state index is 0.0722. The highest BCUT2D eigenvalue weighted by atomic mass is 16.1. The van der Waals surface area contributed by atoms with E-state index in [4.69, 9.17) is 4.98 Å². The molecule has 0 aliphatic rings. The first kappa shape index (κ1) is 17.9. The molecule has 4 rings (SSSR count). The normalized spacial score (nSPS) is 12.2. The number of pyridine rings is 1. The van der Waals surface area contributed by atoms with Crippen LogP contribution in [0.1, 0.15) is 24.2 Å². The highest BCUT2D eigenvalue weighted by molar-refractivity contribution is 6.06. The summed E-state index contributed by atoms with van der Waals surface area (Å²) in [7, 11) is 0. The molecule has 1 atom stereocenters. The summed E-state index contributed by atoms with van der Waals surface area (Å²) in [6.45, 7) is 5.26. The number of rotatable bonds is 6. The fourth-order valence-electron chi connectivity index (χ4n) is 3.26. The molecule has 0 saturated heterocycles. The van der Waals surface area contributed by atoms with Gasteiger partial charge in [0.25, 0.3) is 5.91 Å². The Morgan fingerprint density at radius 2 is 2.00 bits per heavy atom. The molecule has 3 heterocycles. The van der Waals surface area contributed by atoms with Crippen LogP contribution in [0.15, 0.2) is 61.1 Å². The Morgan fingerprint density at radius 3 is 2.71 bits per heavy atom. The number of carbonyl (C=O) groups excluding carboxylic acids is 1. The van der Waals surface area contributed by atoms with Gasteiger partial charge in [0.2, 0.25) is 0 Å². The van der Waals surface area contributed by atoms with Crippen LogP contribution in [0.4, 0.5) is 0 Å². The first-order valence-corrected chi connectivity index (χ1v) is 9.36. The van der Waals surface area contributed by atoms with Gasteiger partial charge in [-0.05, 0) is 26.0 Å². The molecular formula is C21H22N6O. The van der Waals surface area contributed by atoms with E-state index in [1.165, 1.54) is 0 Å². The second-order valence-electron chi connectivity index (χ2n) is 6.72. The number of amides is 1. The van der Waals surface area contributed by atoms with E-state index in [0.717, 1.165) is 16.6 Å². The van der Waals surface area contributed by atoms with Gasteiger partial charge in [-0.1, -0.05) is 30.3 Å². The molecule has 0 radical (unpaired) electrons. The zero-order chi connectivity index (χ0) is 19.5. The Morgan fingerprint density at radius 1 is 1.18 bits per heavy atom. The third kappa shape index (κ3) is 3.51. The van der Waals surface area contributed by atoms with Crippen molar-refractivity contribution in [3.8, 4) is 11.3 Å². The fourth-order valence-corrected chi connectivity index (χ4v) is 3.26. The Hall–Kier alpha value is -3.48. The number of aryl methyl sites for hydroxylation is 1. The first-order chi connectivity index (χ1) is 13.7. The summed E-state index contributed by atoms with van der Waals surface area (Å²) in [4.78, 5) is 17.8. The van der Waals surface area contributed by atoms with Crippen LogP contribution in [-0.2, 0) is 13.1 Å². The number of hydrogen-bond acceptors (Lipinski definition) is 4. The van der Waals surface area contributed by atoms with Gasteiger partial charge in [0.15, 0.2) is 5.65 Å². The van der Waals surface area contributed by atoms with Gasteiger partial charge in [0.1, 0.15) is 0 Å². The lowest BCUT2D eigenvalue weighted by Crippen LogP contribution is -2.36. The van der Waals surface area contributed by atoms with Gasteiger partial charge in [0.05, 0.1) is 29.4 Å². The minimum atomic E-state index is -0.139. The topological polar surface area (TPSA) is 77.6 Å². The van der Waals surface area contributed by atoms with Gasteiger partial charge >= 0.3 is 0 Å². The first-order valence-electron chi connectivity index (χ1n) is 9.36. The van der Waals surface area contributed by atoms with Crippen molar-refractivity contribution < 1.29 is 4.79 Å². The van der Waals surface area contributed by atoms with Crippen LogP contribution in [-0.4, -0.2) is 36.5 Å². The van der Waals surface area contributed by atoms with E-state index < -0.39 is 0 Å². The molecule has 0 aliphatic heterocycles. The molecule has 1 aromatic carbocycles.